The van der Waals surface area contributed by atoms with Crippen molar-refractivity contribution in [2.75, 3.05) is 49.6 Å². The number of aromatic nitrogens is 6. The van der Waals surface area contributed by atoms with Crippen LogP contribution >= 0.6 is 0 Å². The number of anilines is 2. The average molecular weight is 488 g/mol. The predicted octanol–water partition coefficient (Wildman–Crippen LogP) is 2.31. The van der Waals surface area contributed by atoms with Crippen LogP contribution in [0.3, 0.4) is 0 Å². The first kappa shape index (κ1) is 22.6. The van der Waals surface area contributed by atoms with Gasteiger partial charge in [-0.05, 0) is 25.0 Å². The summed E-state index contributed by atoms with van der Waals surface area (Å²) in [5.41, 5.74) is 2.98. The summed E-state index contributed by atoms with van der Waals surface area (Å²) < 4.78 is 7.16. The molecule has 0 aliphatic carbocycles. The number of carbonyl (C=O) groups is 1. The highest BCUT2D eigenvalue weighted by Crippen LogP contribution is 2.23. The summed E-state index contributed by atoms with van der Waals surface area (Å²) in [6.07, 6.45) is 5.32. The minimum atomic E-state index is -0.304. The largest absolute Gasteiger partial charge is 0.379 e. The number of piperidine rings is 1. The van der Waals surface area contributed by atoms with Gasteiger partial charge < -0.3 is 19.9 Å². The molecule has 1 amide bonds. The fourth-order valence-electron chi connectivity index (χ4n) is 4.99. The van der Waals surface area contributed by atoms with Gasteiger partial charge in [0.25, 0.3) is 5.91 Å². The van der Waals surface area contributed by atoms with Crippen molar-refractivity contribution in [3.05, 3.63) is 48.3 Å². The maximum atomic E-state index is 12.8. The highest BCUT2D eigenvalue weighted by atomic mass is 16.5. The molecule has 2 N–H and O–H groups in total. The number of rotatable bonds is 5. The second kappa shape index (κ2) is 9.67. The van der Waals surface area contributed by atoms with Crippen LogP contribution in [0.4, 0.5) is 11.8 Å². The number of para-hydroxylation sites is 2. The van der Waals surface area contributed by atoms with E-state index in [1.165, 1.54) is 0 Å². The predicted molar refractivity (Wildman–Crippen MR) is 136 cm³/mol. The lowest BCUT2D eigenvalue weighted by Crippen LogP contribution is -2.49. The number of morpholine rings is 1. The molecule has 0 saturated carbocycles. The number of imidazole rings is 1. The summed E-state index contributed by atoms with van der Waals surface area (Å²) >= 11 is 0. The summed E-state index contributed by atoms with van der Waals surface area (Å²) in [7, 11) is 1.82. The molecular weight excluding hydrogens is 458 g/mol. The molecule has 0 bridgehead atoms. The molecule has 0 unspecified atom stereocenters. The van der Waals surface area contributed by atoms with Gasteiger partial charge in [0, 0.05) is 57.7 Å². The molecule has 36 heavy (non-hydrogen) atoms. The smallest absolute Gasteiger partial charge is 0.260 e. The number of H-pyrrole nitrogens is 1. The number of hydrogen-bond acceptors (Lipinski definition) is 8. The van der Waals surface area contributed by atoms with Crippen LogP contribution in [0.5, 0.6) is 0 Å². The van der Waals surface area contributed by atoms with E-state index in [0.717, 1.165) is 69.0 Å². The maximum absolute atomic E-state index is 12.8. The molecular formula is C25H29N9O2. The van der Waals surface area contributed by atoms with E-state index in [1.807, 2.05) is 31.3 Å². The summed E-state index contributed by atoms with van der Waals surface area (Å²) in [6.45, 7) is 5.50. The van der Waals surface area contributed by atoms with Crippen LogP contribution in [0.2, 0.25) is 0 Å². The van der Waals surface area contributed by atoms with E-state index in [2.05, 4.69) is 40.2 Å². The van der Waals surface area contributed by atoms with Crippen molar-refractivity contribution < 1.29 is 9.53 Å². The molecule has 5 heterocycles. The minimum Gasteiger partial charge on any atom is -0.379 e. The lowest BCUT2D eigenvalue weighted by atomic mass is 10.0. The fraction of sp³-hybridized carbons (Fsp3) is 0.400. The molecule has 2 fully saturated rings. The Hall–Kier alpha value is -3.83. The second-order valence-electron chi connectivity index (χ2n) is 9.23. The zero-order valence-electron chi connectivity index (χ0n) is 20.2. The van der Waals surface area contributed by atoms with Gasteiger partial charge in [-0.25, -0.2) is 15.0 Å². The van der Waals surface area contributed by atoms with Gasteiger partial charge in [0.15, 0.2) is 11.6 Å². The number of nitrogens with zero attached hydrogens (tertiary/aromatic N) is 7. The molecule has 11 nitrogen and oxygen atoms in total. The van der Waals surface area contributed by atoms with Crippen molar-refractivity contribution in [2.24, 2.45) is 7.05 Å². The van der Waals surface area contributed by atoms with E-state index >= 15 is 0 Å². The van der Waals surface area contributed by atoms with Crippen LogP contribution in [-0.2, 0) is 11.8 Å². The number of fused-ring (bicyclic) bond motifs is 1. The number of carbonyl (C=O) groups excluding carboxylic acids is 1. The standard InChI is InChI=1S/C25H29N9O2/c1-32-21(23-28-19-4-2-3-5-20(19)29-23)14-22(31-32)30-24(35)17-15-26-25(27-16-17)34-8-6-18(7-9-34)33-10-12-36-13-11-33/h2-5,14-16,18H,6-13H2,1H3,(H,28,29)(H,30,31,35). The summed E-state index contributed by atoms with van der Waals surface area (Å²) in [5.74, 6) is 1.49. The molecule has 0 atom stereocenters. The molecule has 186 valence electrons. The van der Waals surface area contributed by atoms with E-state index in [1.54, 1.807) is 23.1 Å². The average Bonchev–Trinajstić information content (AvgIpc) is 3.52. The van der Waals surface area contributed by atoms with Crippen molar-refractivity contribution in [1.29, 1.82) is 0 Å². The number of aromatic amines is 1. The monoisotopic (exact) mass is 487 g/mol. The summed E-state index contributed by atoms with van der Waals surface area (Å²) in [5, 5.41) is 7.27. The van der Waals surface area contributed by atoms with Gasteiger partial charge in [0.2, 0.25) is 5.95 Å². The van der Waals surface area contributed by atoms with Gasteiger partial charge in [-0.2, -0.15) is 5.10 Å². The number of aryl methyl sites for hydroxylation is 1. The quantitative estimate of drug-likeness (QED) is 0.441. The number of ether oxygens (including phenoxy) is 1. The molecule has 11 heteroatoms. The van der Waals surface area contributed by atoms with Crippen molar-refractivity contribution in [3.8, 4) is 11.5 Å². The third kappa shape index (κ3) is 4.54. The SMILES string of the molecule is Cn1nc(NC(=O)c2cnc(N3CCC(N4CCOCC4)CC3)nc2)cc1-c1nc2ccccc2[nH]1. The normalized spacial score (nSPS) is 17.5. The molecule has 1 aromatic carbocycles. The maximum Gasteiger partial charge on any atom is 0.260 e. The number of nitrogens with one attached hydrogen (secondary N) is 2. The Morgan fingerprint density at radius 2 is 1.83 bits per heavy atom. The van der Waals surface area contributed by atoms with Gasteiger partial charge in [-0.1, -0.05) is 12.1 Å². The molecule has 0 spiro atoms. The van der Waals surface area contributed by atoms with Gasteiger partial charge in [0.1, 0.15) is 5.69 Å². The minimum absolute atomic E-state index is 0.304. The van der Waals surface area contributed by atoms with Crippen LogP contribution in [0.25, 0.3) is 22.6 Å². The van der Waals surface area contributed by atoms with E-state index in [0.29, 0.717) is 29.2 Å². The lowest BCUT2D eigenvalue weighted by Gasteiger charge is -2.40. The van der Waals surface area contributed by atoms with E-state index in [-0.39, 0.29) is 5.91 Å². The van der Waals surface area contributed by atoms with Crippen molar-refractivity contribution in [3.63, 3.8) is 0 Å². The van der Waals surface area contributed by atoms with Gasteiger partial charge in [-0.15, -0.1) is 0 Å². The van der Waals surface area contributed by atoms with Crippen LogP contribution in [-0.4, -0.2) is 86.0 Å². The zero-order valence-corrected chi connectivity index (χ0v) is 20.2. The van der Waals surface area contributed by atoms with Gasteiger partial charge in [-0.3, -0.25) is 14.4 Å². The Morgan fingerprint density at radius 1 is 1.08 bits per heavy atom. The number of benzene rings is 1. The topological polar surface area (TPSA) is 117 Å². The molecule has 0 radical (unpaired) electrons. The Morgan fingerprint density at radius 3 is 2.58 bits per heavy atom. The van der Waals surface area contributed by atoms with Crippen LogP contribution in [0.15, 0.2) is 42.7 Å². The van der Waals surface area contributed by atoms with Crippen LogP contribution in [0, 0.1) is 0 Å². The highest BCUT2D eigenvalue weighted by Gasteiger charge is 2.27. The Kier molecular flexibility index (Phi) is 6.08. The summed E-state index contributed by atoms with van der Waals surface area (Å²) in [6, 6.07) is 10.2. The number of hydrogen-bond donors (Lipinski definition) is 2. The van der Waals surface area contributed by atoms with Crippen LogP contribution in [0.1, 0.15) is 23.2 Å². The molecule has 4 aromatic rings. The Labute approximate surface area is 208 Å². The first-order valence-electron chi connectivity index (χ1n) is 12.3. The lowest BCUT2D eigenvalue weighted by molar-refractivity contribution is 0.0114. The zero-order chi connectivity index (χ0) is 24.5. The first-order chi connectivity index (χ1) is 17.6. The number of amides is 1. The van der Waals surface area contributed by atoms with Gasteiger partial charge >= 0.3 is 0 Å². The van der Waals surface area contributed by atoms with Crippen molar-refractivity contribution >= 4 is 28.7 Å². The van der Waals surface area contributed by atoms with Crippen LogP contribution < -0.4 is 10.2 Å². The Bertz CT molecular complexity index is 1320. The molecule has 2 aliphatic heterocycles. The van der Waals surface area contributed by atoms with E-state index in [9.17, 15) is 4.79 Å². The fourth-order valence-corrected chi connectivity index (χ4v) is 4.99. The van der Waals surface area contributed by atoms with Crippen molar-refractivity contribution in [2.45, 2.75) is 18.9 Å². The molecule has 2 saturated heterocycles. The first-order valence-corrected chi connectivity index (χ1v) is 12.3. The Balaban J connectivity index is 1.08. The van der Waals surface area contributed by atoms with E-state index in [4.69, 9.17) is 4.74 Å². The molecule has 6 rings (SSSR count). The summed E-state index contributed by atoms with van der Waals surface area (Å²) in [4.78, 5) is 34.4. The molecule has 2 aliphatic rings. The molecule has 3 aromatic heterocycles. The van der Waals surface area contributed by atoms with Gasteiger partial charge in [0.05, 0.1) is 29.8 Å². The van der Waals surface area contributed by atoms with E-state index < -0.39 is 0 Å². The highest BCUT2D eigenvalue weighted by molar-refractivity contribution is 6.03. The second-order valence-corrected chi connectivity index (χ2v) is 9.23. The third-order valence-corrected chi connectivity index (χ3v) is 6.96. The van der Waals surface area contributed by atoms with Crippen molar-refractivity contribution in [1.82, 2.24) is 34.6 Å². The third-order valence-electron chi connectivity index (χ3n) is 6.96.